The van der Waals surface area contributed by atoms with E-state index in [4.69, 9.17) is 11.6 Å². The van der Waals surface area contributed by atoms with Crippen LogP contribution in [0.4, 0.5) is 5.82 Å². The molecule has 0 atom stereocenters. The van der Waals surface area contributed by atoms with Crippen LogP contribution in [0.5, 0.6) is 0 Å². The van der Waals surface area contributed by atoms with Gasteiger partial charge in [0.05, 0.1) is 0 Å². The maximum Gasteiger partial charge on any atom is 0.133 e. The van der Waals surface area contributed by atoms with Gasteiger partial charge in [0.25, 0.3) is 0 Å². The van der Waals surface area contributed by atoms with Crippen LogP contribution < -0.4 is 4.90 Å². The van der Waals surface area contributed by atoms with Gasteiger partial charge in [-0.1, -0.05) is 6.92 Å². The van der Waals surface area contributed by atoms with Crippen molar-refractivity contribution in [2.75, 3.05) is 30.1 Å². The first-order chi connectivity index (χ1) is 7.31. The number of anilines is 1. The third kappa shape index (κ3) is 3.87. The van der Waals surface area contributed by atoms with Gasteiger partial charge < -0.3 is 4.90 Å². The van der Waals surface area contributed by atoms with E-state index in [-0.39, 0.29) is 0 Å². The molecule has 1 aromatic rings. The summed E-state index contributed by atoms with van der Waals surface area (Å²) < 4.78 is 0. The Labute approximate surface area is 100 Å². The lowest BCUT2D eigenvalue weighted by Crippen LogP contribution is -2.27. The summed E-state index contributed by atoms with van der Waals surface area (Å²) in [6, 6.07) is 2.01. The molecule has 1 heterocycles. The monoisotopic (exact) mass is 245 g/mol. The molecule has 0 saturated heterocycles. The molecule has 15 heavy (non-hydrogen) atoms. The van der Waals surface area contributed by atoms with Crippen LogP contribution in [0.1, 0.15) is 13.3 Å². The fourth-order valence-electron chi connectivity index (χ4n) is 1.33. The van der Waals surface area contributed by atoms with Crippen molar-refractivity contribution in [3.05, 3.63) is 12.4 Å². The number of alkyl halides is 1. The SMILES string of the molecule is CCCN(CCCl)c1cc(SC)ncn1. The summed E-state index contributed by atoms with van der Waals surface area (Å²) >= 11 is 7.39. The first-order valence-electron chi connectivity index (χ1n) is 4.98. The smallest absolute Gasteiger partial charge is 0.133 e. The van der Waals surface area contributed by atoms with Crippen LogP contribution in [-0.4, -0.2) is 35.2 Å². The summed E-state index contributed by atoms with van der Waals surface area (Å²) in [7, 11) is 0. The molecule has 0 aliphatic rings. The maximum atomic E-state index is 5.77. The van der Waals surface area contributed by atoms with Crippen molar-refractivity contribution >= 4 is 29.2 Å². The highest BCUT2D eigenvalue weighted by atomic mass is 35.5. The van der Waals surface area contributed by atoms with Gasteiger partial charge in [-0.25, -0.2) is 9.97 Å². The predicted octanol–water partition coefficient (Wildman–Crippen LogP) is 2.65. The zero-order valence-electron chi connectivity index (χ0n) is 9.11. The summed E-state index contributed by atoms with van der Waals surface area (Å²) in [6.07, 6.45) is 4.71. The van der Waals surface area contributed by atoms with Gasteiger partial charge in [0, 0.05) is 25.0 Å². The second-order valence-corrected chi connectivity index (χ2v) is 4.30. The van der Waals surface area contributed by atoms with Crippen molar-refractivity contribution in [1.82, 2.24) is 9.97 Å². The van der Waals surface area contributed by atoms with Crippen molar-refractivity contribution in [1.29, 1.82) is 0 Å². The molecule has 0 unspecified atom stereocenters. The average Bonchev–Trinajstić information content (AvgIpc) is 2.29. The molecule has 84 valence electrons. The largest absolute Gasteiger partial charge is 0.355 e. The number of aromatic nitrogens is 2. The lowest BCUT2D eigenvalue weighted by Gasteiger charge is -2.21. The molecular formula is C10H16ClN3S. The van der Waals surface area contributed by atoms with Gasteiger partial charge in [-0.05, 0) is 12.7 Å². The molecule has 1 aromatic heterocycles. The Hall–Kier alpha value is -0.480. The van der Waals surface area contributed by atoms with Gasteiger partial charge in [-0.2, -0.15) is 0 Å². The van der Waals surface area contributed by atoms with Gasteiger partial charge in [-0.3, -0.25) is 0 Å². The molecule has 0 amide bonds. The minimum Gasteiger partial charge on any atom is -0.355 e. The highest BCUT2D eigenvalue weighted by molar-refractivity contribution is 7.98. The van der Waals surface area contributed by atoms with Crippen LogP contribution >= 0.6 is 23.4 Å². The Balaban J connectivity index is 2.79. The summed E-state index contributed by atoms with van der Waals surface area (Å²) in [6.45, 7) is 3.97. The average molecular weight is 246 g/mol. The molecule has 0 radical (unpaired) electrons. The van der Waals surface area contributed by atoms with Gasteiger partial charge in [0.2, 0.25) is 0 Å². The fraction of sp³-hybridized carbons (Fsp3) is 0.600. The van der Waals surface area contributed by atoms with Crippen molar-refractivity contribution in [2.24, 2.45) is 0 Å². The molecule has 0 saturated carbocycles. The zero-order valence-corrected chi connectivity index (χ0v) is 10.7. The second-order valence-electron chi connectivity index (χ2n) is 3.09. The van der Waals surface area contributed by atoms with E-state index >= 15 is 0 Å². The standard InChI is InChI=1S/C10H16ClN3S/c1-3-5-14(6-4-11)9-7-10(15-2)13-8-12-9/h7-8H,3-6H2,1-2H3. The lowest BCUT2D eigenvalue weighted by molar-refractivity contribution is 0.774. The second kappa shape index (κ2) is 6.90. The van der Waals surface area contributed by atoms with Gasteiger partial charge in [-0.15, -0.1) is 23.4 Å². The molecule has 0 fully saturated rings. The van der Waals surface area contributed by atoms with Gasteiger partial charge in [0.1, 0.15) is 17.2 Å². The van der Waals surface area contributed by atoms with Crippen molar-refractivity contribution < 1.29 is 0 Å². The van der Waals surface area contributed by atoms with Crippen molar-refractivity contribution in [3.63, 3.8) is 0 Å². The molecule has 3 nitrogen and oxygen atoms in total. The topological polar surface area (TPSA) is 29.0 Å². The van der Waals surface area contributed by atoms with E-state index in [1.165, 1.54) is 0 Å². The molecule has 5 heteroatoms. The van der Waals surface area contributed by atoms with Crippen LogP contribution in [0.25, 0.3) is 0 Å². The quantitative estimate of drug-likeness (QED) is 0.438. The van der Waals surface area contributed by atoms with Gasteiger partial charge >= 0.3 is 0 Å². The highest BCUT2D eigenvalue weighted by Crippen LogP contribution is 2.17. The predicted molar refractivity (Wildman–Crippen MR) is 67.0 cm³/mol. The summed E-state index contributed by atoms with van der Waals surface area (Å²) in [5.41, 5.74) is 0. The number of thioether (sulfide) groups is 1. The van der Waals surface area contributed by atoms with E-state index in [1.807, 2.05) is 12.3 Å². The first-order valence-corrected chi connectivity index (χ1v) is 6.74. The third-order valence-electron chi connectivity index (χ3n) is 2.01. The highest BCUT2D eigenvalue weighted by Gasteiger charge is 2.06. The summed E-state index contributed by atoms with van der Waals surface area (Å²) in [5, 5.41) is 0.996. The van der Waals surface area contributed by atoms with Crippen LogP contribution in [0.3, 0.4) is 0 Å². The van der Waals surface area contributed by atoms with E-state index in [1.54, 1.807) is 18.1 Å². The molecule has 0 aromatic carbocycles. The van der Waals surface area contributed by atoms with Crippen LogP contribution in [0.2, 0.25) is 0 Å². The number of hydrogen-bond acceptors (Lipinski definition) is 4. The van der Waals surface area contributed by atoms with Crippen molar-refractivity contribution in [2.45, 2.75) is 18.4 Å². The molecule has 0 aliphatic heterocycles. The molecule has 0 bridgehead atoms. The van der Waals surface area contributed by atoms with E-state index < -0.39 is 0 Å². The summed E-state index contributed by atoms with van der Waals surface area (Å²) in [5.74, 6) is 1.59. The normalized spacial score (nSPS) is 10.3. The van der Waals surface area contributed by atoms with E-state index in [2.05, 4.69) is 21.8 Å². The minimum absolute atomic E-state index is 0.624. The molecule has 0 aliphatic carbocycles. The minimum atomic E-state index is 0.624. The lowest BCUT2D eigenvalue weighted by atomic mass is 10.4. The van der Waals surface area contributed by atoms with Crippen LogP contribution in [-0.2, 0) is 0 Å². The Morgan fingerprint density at radius 3 is 2.80 bits per heavy atom. The Morgan fingerprint density at radius 1 is 1.40 bits per heavy atom. The molecule has 0 spiro atoms. The Kier molecular flexibility index (Phi) is 5.79. The number of nitrogens with zero attached hydrogens (tertiary/aromatic N) is 3. The zero-order chi connectivity index (χ0) is 11.1. The fourth-order valence-corrected chi connectivity index (χ4v) is 1.91. The molecule has 1 rings (SSSR count). The Morgan fingerprint density at radius 2 is 2.20 bits per heavy atom. The van der Waals surface area contributed by atoms with Crippen molar-refractivity contribution in [3.8, 4) is 0 Å². The van der Waals surface area contributed by atoms with Crippen LogP contribution in [0, 0.1) is 0 Å². The Bertz CT molecular complexity index is 290. The van der Waals surface area contributed by atoms with E-state index in [9.17, 15) is 0 Å². The summed E-state index contributed by atoms with van der Waals surface area (Å²) in [4.78, 5) is 10.6. The number of hydrogen-bond donors (Lipinski definition) is 0. The first kappa shape index (κ1) is 12.6. The van der Waals surface area contributed by atoms with Crippen LogP contribution in [0.15, 0.2) is 17.4 Å². The maximum absolute atomic E-state index is 5.77. The van der Waals surface area contributed by atoms with E-state index in [0.29, 0.717) is 5.88 Å². The number of halogens is 1. The number of rotatable bonds is 6. The van der Waals surface area contributed by atoms with Gasteiger partial charge in [0.15, 0.2) is 0 Å². The third-order valence-corrected chi connectivity index (χ3v) is 2.82. The molecule has 0 N–H and O–H groups in total. The van der Waals surface area contributed by atoms with E-state index in [0.717, 1.165) is 30.4 Å². The molecular weight excluding hydrogens is 230 g/mol.